The Balaban J connectivity index is 1.54. The first-order chi connectivity index (χ1) is 13.9. The number of benzene rings is 1. The van der Waals surface area contributed by atoms with Crippen LogP contribution in [0.3, 0.4) is 0 Å². The highest BCUT2D eigenvalue weighted by Crippen LogP contribution is 2.30. The molecule has 4 rings (SSSR count). The normalized spacial score (nSPS) is 20.0. The van der Waals surface area contributed by atoms with Crippen LogP contribution < -0.4 is 10.1 Å². The molecule has 0 unspecified atom stereocenters. The zero-order chi connectivity index (χ0) is 20.4. The Morgan fingerprint density at radius 2 is 2.03 bits per heavy atom. The van der Waals surface area contributed by atoms with Crippen molar-refractivity contribution in [2.75, 3.05) is 23.4 Å². The highest BCUT2D eigenvalue weighted by molar-refractivity contribution is 7.91. The molecule has 0 radical (unpaired) electrons. The van der Waals surface area contributed by atoms with E-state index in [2.05, 4.69) is 20.1 Å². The van der Waals surface area contributed by atoms with E-state index in [0.717, 1.165) is 30.9 Å². The van der Waals surface area contributed by atoms with Crippen molar-refractivity contribution in [3.63, 3.8) is 0 Å². The molecule has 0 spiro atoms. The van der Waals surface area contributed by atoms with Crippen molar-refractivity contribution in [3.8, 4) is 16.9 Å². The van der Waals surface area contributed by atoms with Crippen LogP contribution in [0, 0.1) is 5.92 Å². The van der Waals surface area contributed by atoms with E-state index in [4.69, 9.17) is 0 Å². The van der Waals surface area contributed by atoms with Crippen LogP contribution in [-0.2, 0) is 11.2 Å². The monoisotopic (exact) mass is 424 g/mol. The summed E-state index contributed by atoms with van der Waals surface area (Å²) in [6.45, 7) is 0.735. The van der Waals surface area contributed by atoms with Crippen molar-refractivity contribution in [3.05, 3.63) is 42.7 Å². The number of halogens is 3. The molecule has 1 fully saturated rings. The molecule has 10 heteroatoms. The van der Waals surface area contributed by atoms with Crippen LogP contribution >= 0.6 is 0 Å². The number of nitrogens with one attached hydrogen (secondary N) is 1. The van der Waals surface area contributed by atoms with Crippen LogP contribution in [0.1, 0.15) is 12.8 Å². The Hall–Kier alpha value is -2.46. The highest BCUT2D eigenvalue weighted by atomic mass is 32.2. The van der Waals surface area contributed by atoms with E-state index in [1.807, 2.05) is 0 Å². The van der Waals surface area contributed by atoms with E-state index in [1.165, 1.54) is 18.2 Å². The summed E-state index contributed by atoms with van der Waals surface area (Å²) in [6, 6.07) is 7.54. The minimum Gasteiger partial charge on any atom is -0.616 e. The standard InChI is InChI=1S/C19H19F3N4O2S/c20-19(21,22)28-15-3-1-2-14(10-15)16-12-24-26-7-4-17(25-18(16)26)23-11-13-5-8-29(27)9-6-13/h1-4,7,10,12-13H,5-6,8-9,11H2,(H,23,25). The van der Waals surface area contributed by atoms with Gasteiger partial charge in [-0.1, -0.05) is 23.3 Å². The van der Waals surface area contributed by atoms with Gasteiger partial charge in [0.1, 0.15) is 23.1 Å². The predicted molar refractivity (Wildman–Crippen MR) is 104 cm³/mol. The molecule has 154 valence electrons. The van der Waals surface area contributed by atoms with Gasteiger partial charge in [-0.15, -0.1) is 13.2 Å². The Kier molecular flexibility index (Phi) is 5.55. The van der Waals surface area contributed by atoms with Gasteiger partial charge in [-0.05, 0) is 42.5 Å². The molecule has 1 aliphatic rings. The number of aromatic nitrogens is 3. The predicted octanol–water partition coefficient (Wildman–Crippen LogP) is 3.87. The summed E-state index contributed by atoms with van der Waals surface area (Å²) in [5.74, 6) is 2.29. The van der Waals surface area contributed by atoms with Gasteiger partial charge < -0.3 is 14.6 Å². The lowest BCUT2D eigenvalue weighted by Crippen LogP contribution is -2.27. The first-order valence-electron chi connectivity index (χ1n) is 9.17. The van der Waals surface area contributed by atoms with E-state index < -0.39 is 17.5 Å². The number of fused-ring (bicyclic) bond motifs is 1. The van der Waals surface area contributed by atoms with Crippen LogP contribution in [0.5, 0.6) is 5.75 Å². The van der Waals surface area contributed by atoms with Crippen LogP contribution in [0.15, 0.2) is 42.7 Å². The average molecular weight is 424 g/mol. The van der Waals surface area contributed by atoms with Gasteiger partial charge >= 0.3 is 6.36 Å². The first-order valence-corrected chi connectivity index (χ1v) is 10.7. The molecule has 0 atom stereocenters. The molecule has 1 aliphatic heterocycles. The average Bonchev–Trinajstić information content (AvgIpc) is 3.10. The lowest BCUT2D eigenvalue weighted by atomic mass is 10.0. The highest BCUT2D eigenvalue weighted by Gasteiger charge is 2.31. The number of nitrogens with zero attached hydrogens (tertiary/aromatic N) is 3. The van der Waals surface area contributed by atoms with Gasteiger partial charge in [0.2, 0.25) is 0 Å². The van der Waals surface area contributed by atoms with E-state index in [9.17, 15) is 17.7 Å². The van der Waals surface area contributed by atoms with Crippen molar-refractivity contribution in [2.24, 2.45) is 5.92 Å². The molecule has 2 aromatic heterocycles. The summed E-state index contributed by atoms with van der Waals surface area (Å²) < 4.78 is 54.6. The third-order valence-corrected chi connectivity index (χ3v) is 6.21. The summed E-state index contributed by atoms with van der Waals surface area (Å²) >= 11 is -0.691. The molecule has 0 bridgehead atoms. The molecule has 0 saturated carbocycles. The Bertz CT molecular complexity index is 987. The first kappa shape index (κ1) is 19.8. The van der Waals surface area contributed by atoms with Gasteiger partial charge in [-0.25, -0.2) is 9.50 Å². The number of ether oxygens (including phenoxy) is 1. The van der Waals surface area contributed by atoms with E-state index in [-0.39, 0.29) is 5.75 Å². The van der Waals surface area contributed by atoms with Crippen molar-refractivity contribution in [1.29, 1.82) is 0 Å². The minimum absolute atomic E-state index is 0.293. The number of alkyl halides is 3. The molecule has 0 aliphatic carbocycles. The van der Waals surface area contributed by atoms with Gasteiger partial charge in [-0.2, -0.15) is 5.10 Å². The molecular weight excluding hydrogens is 405 g/mol. The number of hydrogen-bond acceptors (Lipinski definition) is 5. The van der Waals surface area contributed by atoms with E-state index in [1.54, 1.807) is 29.0 Å². The molecule has 6 nitrogen and oxygen atoms in total. The lowest BCUT2D eigenvalue weighted by Gasteiger charge is -2.24. The maximum absolute atomic E-state index is 12.5. The second-order valence-corrected chi connectivity index (χ2v) is 8.58. The Labute approximate surface area is 168 Å². The van der Waals surface area contributed by atoms with Gasteiger partial charge in [0.15, 0.2) is 5.65 Å². The summed E-state index contributed by atoms with van der Waals surface area (Å²) in [5, 5.41) is 7.54. The van der Waals surface area contributed by atoms with Crippen molar-refractivity contribution in [2.45, 2.75) is 19.2 Å². The van der Waals surface area contributed by atoms with Crippen LogP contribution in [-0.4, -0.2) is 43.6 Å². The van der Waals surface area contributed by atoms with Crippen LogP contribution in [0.2, 0.25) is 0 Å². The Morgan fingerprint density at radius 1 is 1.24 bits per heavy atom. The fourth-order valence-electron chi connectivity index (χ4n) is 3.33. The Morgan fingerprint density at radius 3 is 2.79 bits per heavy atom. The van der Waals surface area contributed by atoms with Gasteiger partial charge in [0.05, 0.1) is 6.20 Å². The molecule has 29 heavy (non-hydrogen) atoms. The molecular formula is C19H19F3N4O2S. The zero-order valence-corrected chi connectivity index (χ0v) is 16.2. The minimum atomic E-state index is -4.75. The van der Waals surface area contributed by atoms with Crippen molar-refractivity contribution < 1.29 is 22.5 Å². The molecule has 0 amide bonds. The van der Waals surface area contributed by atoms with Gasteiger partial charge in [-0.3, -0.25) is 0 Å². The molecule has 3 aromatic rings. The molecule has 1 aromatic carbocycles. The smallest absolute Gasteiger partial charge is 0.573 e. The maximum atomic E-state index is 12.5. The topological polar surface area (TPSA) is 74.5 Å². The zero-order valence-electron chi connectivity index (χ0n) is 15.4. The summed E-state index contributed by atoms with van der Waals surface area (Å²) in [5.41, 5.74) is 1.67. The third-order valence-electron chi connectivity index (χ3n) is 4.83. The SMILES string of the molecule is [O-][S+]1CCC(CNc2ccn3ncc(-c4cccc(OC(F)(F)F)c4)c3n2)CC1. The number of rotatable bonds is 5. The number of anilines is 1. The molecule has 1 saturated heterocycles. The molecule has 3 heterocycles. The number of hydrogen-bond donors (Lipinski definition) is 1. The quantitative estimate of drug-likeness (QED) is 0.630. The maximum Gasteiger partial charge on any atom is 0.573 e. The van der Waals surface area contributed by atoms with E-state index >= 15 is 0 Å². The van der Waals surface area contributed by atoms with Gasteiger partial charge in [0, 0.05) is 18.3 Å². The fraction of sp³-hybridized carbons (Fsp3) is 0.368. The van der Waals surface area contributed by atoms with E-state index in [0.29, 0.717) is 28.5 Å². The van der Waals surface area contributed by atoms with Crippen LogP contribution in [0.25, 0.3) is 16.8 Å². The van der Waals surface area contributed by atoms with Crippen molar-refractivity contribution >= 4 is 22.6 Å². The largest absolute Gasteiger partial charge is 0.616 e. The van der Waals surface area contributed by atoms with Crippen molar-refractivity contribution in [1.82, 2.24) is 14.6 Å². The summed E-state index contributed by atoms with van der Waals surface area (Å²) in [7, 11) is 0. The lowest BCUT2D eigenvalue weighted by molar-refractivity contribution is -0.274. The fourth-order valence-corrected chi connectivity index (χ4v) is 4.72. The van der Waals surface area contributed by atoms with Gasteiger partial charge in [0.25, 0.3) is 0 Å². The third kappa shape index (κ3) is 4.94. The summed E-state index contributed by atoms with van der Waals surface area (Å²) in [4.78, 5) is 4.58. The molecule has 1 N–H and O–H groups in total. The van der Waals surface area contributed by atoms with Crippen LogP contribution in [0.4, 0.5) is 19.0 Å². The second kappa shape index (κ2) is 8.11. The summed E-state index contributed by atoms with van der Waals surface area (Å²) in [6.07, 6.45) is 0.410. The second-order valence-electron chi connectivity index (χ2n) is 6.89.